The minimum atomic E-state index is -0.500. The van der Waals surface area contributed by atoms with Gasteiger partial charge in [-0.3, -0.25) is 9.48 Å². The first-order valence-corrected chi connectivity index (χ1v) is 7.79. The number of rotatable bonds is 4. The van der Waals surface area contributed by atoms with E-state index < -0.39 is 5.54 Å². The molecule has 1 unspecified atom stereocenters. The minimum Gasteiger partial charge on any atom is -0.351 e. The largest absolute Gasteiger partial charge is 0.351 e. The molecule has 1 atom stereocenters. The summed E-state index contributed by atoms with van der Waals surface area (Å²) in [5, 5.41) is 17.1. The van der Waals surface area contributed by atoms with E-state index in [1.165, 1.54) is 0 Å². The summed E-state index contributed by atoms with van der Waals surface area (Å²) >= 11 is 0. The molecule has 3 rings (SSSR count). The number of aryl methyl sites for hydroxylation is 1. The SMILES string of the molecule is CCC(C)(NC(=O)c1cc2cc(C#N)ccc2[nH]1)c1cnn(C)c1. The molecule has 24 heavy (non-hydrogen) atoms. The molecule has 2 N–H and O–H groups in total. The van der Waals surface area contributed by atoms with Gasteiger partial charge in [0.1, 0.15) is 5.69 Å². The molecule has 1 aromatic carbocycles. The summed E-state index contributed by atoms with van der Waals surface area (Å²) in [7, 11) is 1.85. The van der Waals surface area contributed by atoms with E-state index in [4.69, 9.17) is 5.26 Å². The van der Waals surface area contributed by atoms with Gasteiger partial charge in [0, 0.05) is 29.7 Å². The Morgan fingerprint density at radius 2 is 2.25 bits per heavy atom. The average molecular weight is 321 g/mol. The zero-order chi connectivity index (χ0) is 17.3. The molecule has 0 fully saturated rings. The number of nitrogens with zero attached hydrogens (tertiary/aromatic N) is 3. The van der Waals surface area contributed by atoms with Gasteiger partial charge in [0.25, 0.3) is 5.91 Å². The van der Waals surface area contributed by atoms with Crippen LogP contribution in [0.5, 0.6) is 0 Å². The lowest BCUT2D eigenvalue weighted by atomic mass is 9.91. The summed E-state index contributed by atoms with van der Waals surface area (Å²) < 4.78 is 1.72. The predicted molar refractivity (Wildman–Crippen MR) is 91.3 cm³/mol. The van der Waals surface area contributed by atoms with Crippen LogP contribution >= 0.6 is 0 Å². The highest BCUT2D eigenvalue weighted by Gasteiger charge is 2.29. The quantitative estimate of drug-likeness (QED) is 0.774. The first-order valence-electron chi connectivity index (χ1n) is 7.79. The number of nitrogens with one attached hydrogen (secondary N) is 2. The number of aromatic amines is 1. The maximum absolute atomic E-state index is 12.7. The van der Waals surface area contributed by atoms with Gasteiger partial charge in [0.05, 0.1) is 23.4 Å². The normalized spacial score (nSPS) is 13.4. The predicted octanol–water partition coefficient (Wildman–Crippen LogP) is 2.83. The minimum absolute atomic E-state index is 0.182. The van der Waals surface area contributed by atoms with Crippen LogP contribution < -0.4 is 5.32 Å². The first kappa shape index (κ1) is 15.8. The zero-order valence-corrected chi connectivity index (χ0v) is 13.9. The second-order valence-electron chi connectivity index (χ2n) is 6.14. The lowest BCUT2D eigenvalue weighted by Crippen LogP contribution is -2.43. The van der Waals surface area contributed by atoms with E-state index >= 15 is 0 Å². The number of nitriles is 1. The number of hydrogen-bond acceptors (Lipinski definition) is 3. The Morgan fingerprint density at radius 3 is 2.88 bits per heavy atom. The molecule has 0 saturated carbocycles. The van der Waals surface area contributed by atoms with Gasteiger partial charge in [-0.1, -0.05) is 6.92 Å². The van der Waals surface area contributed by atoms with Crippen molar-refractivity contribution in [1.82, 2.24) is 20.1 Å². The number of aromatic nitrogens is 3. The van der Waals surface area contributed by atoms with Crippen molar-refractivity contribution in [2.45, 2.75) is 25.8 Å². The first-order chi connectivity index (χ1) is 11.4. The molecule has 0 aliphatic heterocycles. The van der Waals surface area contributed by atoms with Crippen LogP contribution in [-0.2, 0) is 12.6 Å². The Bertz CT molecular complexity index is 946. The lowest BCUT2D eigenvalue weighted by Gasteiger charge is -2.28. The van der Waals surface area contributed by atoms with Crippen LogP contribution in [0.25, 0.3) is 10.9 Å². The van der Waals surface area contributed by atoms with Crippen LogP contribution in [0, 0.1) is 11.3 Å². The van der Waals surface area contributed by atoms with E-state index in [9.17, 15) is 4.79 Å². The van der Waals surface area contributed by atoms with Crippen molar-refractivity contribution >= 4 is 16.8 Å². The number of fused-ring (bicyclic) bond motifs is 1. The van der Waals surface area contributed by atoms with Crippen molar-refractivity contribution in [3.63, 3.8) is 0 Å². The van der Waals surface area contributed by atoms with Crippen LogP contribution in [0.3, 0.4) is 0 Å². The van der Waals surface area contributed by atoms with Gasteiger partial charge in [0.15, 0.2) is 0 Å². The summed E-state index contributed by atoms with van der Waals surface area (Å²) in [5.41, 5.74) is 2.34. The van der Waals surface area contributed by atoms with E-state index in [0.29, 0.717) is 11.3 Å². The third kappa shape index (κ3) is 2.76. The van der Waals surface area contributed by atoms with E-state index in [2.05, 4.69) is 21.5 Å². The third-order valence-corrected chi connectivity index (χ3v) is 4.43. The molecule has 2 heterocycles. The molecule has 122 valence electrons. The molecule has 6 nitrogen and oxygen atoms in total. The van der Waals surface area contributed by atoms with Gasteiger partial charge in [-0.25, -0.2) is 0 Å². The van der Waals surface area contributed by atoms with E-state index in [-0.39, 0.29) is 5.91 Å². The van der Waals surface area contributed by atoms with Gasteiger partial charge in [-0.2, -0.15) is 10.4 Å². The van der Waals surface area contributed by atoms with Crippen LogP contribution in [0.4, 0.5) is 0 Å². The smallest absolute Gasteiger partial charge is 0.268 e. The van der Waals surface area contributed by atoms with Crippen LogP contribution in [-0.4, -0.2) is 20.7 Å². The highest BCUT2D eigenvalue weighted by Crippen LogP contribution is 2.25. The van der Waals surface area contributed by atoms with Gasteiger partial charge < -0.3 is 10.3 Å². The molecule has 0 bridgehead atoms. The molecule has 2 aromatic heterocycles. The maximum Gasteiger partial charge on any atom is 0.268 e. The fourth-order valence-electron chi connectivity index (χ4n) is 2.71. The summed E-state index contributed by atoms with van der Waals surface area (Å²) in [6, 6.07) is 9.18. The van der Waals surface area contributed by atoms with Gasteiger partial charge in [-0.15, -0.1) is 0 Å². The van der Waals surface area contributed by atoms with Crippen LogP contribution in [0.2, 0.25) is 0 Å². The zero-order valence-electron chi connectivity index (χ0n) is 13.9. The number of carbonyl (C=O) groups is 1. The van der Waals surface area contributed by atoms with Crippen molar-refractivity contribution in [3.8, 4) is 6.07 Å². The molecule has 6 heteroatoms. The number of H-pyrrole nitrogens is 1. The average Bonchev–Trinajstić information content (AvgIpc) is 3.20. The highest BCUT2D eigenvalue weighted by atomic mass is 16.2. The molecular formula is C18H19N5O. The fraction of sp³-hybridized carbons (Fsp3) is 0.278. The second kappa shape index (κ2) is 5.85. The second-order valence-corrected chi connectivity index (χ2v) is 6.14. The van der Waals surface area contributed by atoms with E-state index in [1.807, 2.05) is 33.2 Å². The Hall–Kier alpha value is -3.07. The standard InChI is InChI=1S/C18H19N5O/c1-4-18(2,14-10-20-23(3)11-14)22-17(24)16-8-13-7-12(9-19)5-6-15(13)21-16/h5-8,10-11,21H,4H2,1-3H3,(H,22,24). The Morgan fingerprint density at radius 1 is 1.46 bits per heavy atom. The van der Waals surface area contributed by atoms with Crippen LogP contribution in [0.15, 0.2) is 36.7 Å². The number of benzene rings is 1. The molecule has 0 saturated heterocycles. The summed E-state index contributed by atoms with van der Waals surface area (Å²) in [6.07, 6.45) is 4.42. The Labute approximate surface area is 140 Å². The third-order valence-electron chi connectivity index (χ3n) is 4.43. The van der Waals surface area contributed by atoms with E-state index in [1.54, 1.807) is 29.1 Å². The molecule has 0 radical (unpaired) electrons. The highest BCUT2D eigenvalue weighted by molar-refractivity contribution is 5.98. The summed E-state index contributed by atoms with van der Waals surface area (Å²) in [6.45, 7) is 4.01. The number of amides is 1. The lowest BCUT2D eigenvalue weighted by molar-refractivity contribution is 0.0897. The molecule has 1 amide bonds. The van der Waals surface area contributed by atoms with Crippen molar-refractivity contribution < 1.29 is 4.79 Å². The molecular weight excluding hydrogens is 302 g/mol. The van der Waals surface area contributed by atoms with Crippen LogP contribution in [0.1, 0.15) is 41.9 Å². The Balaban J connectivity index is 1.89. The van der Waals surface area contributed by atoms with Crippen molar-refractivity contribution in [3.05, 3.63) is 53.5 Å². The van der Waals surface area contributed by atoms with Gasteiger partial charge in [0.2, 0.25) is 0 Å². The fourth-order valence-corrected chi connectivity index (χ4v) is 2.71. The maximum atomic E-state index is 12.7. The van der Waals surface area contributed by atoms with Crippen molar-refractivity contribution in [2.24, 2.45) is 7.05 Å². The topological polar surface area (TPSA) is 86.5 Å². The van der Waals surface area contributed by atoms with E-state index in [0.717, 1.165) is 22.9 Å². The van der Waals surface area contributed by atoms with Gasteiger partial charge in [-0.05, 0) is 37.6 Å². The number of carbonyl (C=O) groups excluding carboxylic acids is 1. The molecule has 0 aliphatic carbocycles. The number of hydrogen-bond donors (Lipinski definition) is 2. The summed E-state index contributed by atoms with van der Waals surface area (Å²) in [5.74, 6) is -0.182. The molecule has 0 spiro atoms. The van der Waals surface area contributed by atoms with Gasteiger partial charge >= 0.3 is 0 Å². The monoisotopic (exact) mass is 321 g/mol. The van der Waals surface area contributed by atoms with Crippen molar-refractivity contribution in [2.75, 3.05) is 0 Å². The summed E-state index contributed by atoms with van der Waals surface area (Å²) in [4.78, 5) is 15.8. The molecule has 0 aliphatic rings. The Kier molecular flexibility index (Phi) is 3.86. The molecule has 3 aromatic rings. The van der Waals surface area contributed by atoms with Crippen molar-refractivity contribution in [1.29, 1.82) is 5.26 Å².